The number of hydrogen-bond acceptors (Lipinski definition) is 35. The number of hydrogen-bond donors (Lipinski definition) is 36. The van der Waals surface area contributed by atoms with Crippen molar-refractivity contribution in [3.63, 3.8) is 0 Å². The summed E-state index contributed by atoms with van der Waals surface area (Å²) >= 11 is 38.2. The van der Waals surface area contributed by atoms with E-state index in [2.05, 4.69) is 90.4 Å². The van der Waals surface area contributed by atoms with E-state index in [-0.39, 0.29) is 119 Å². The van der Waals surface area contributed by atoms with Crippen molar-refractivity contribution < 1.29 is 140 Å². The molecule has 25 atom stereocenters. The summed E-state index contributed by atoms with van der Waals surface area (Å²) in [6.45, 7) is -1.52. The Morgan fingerprint density at radius 3 is 0.786 bits per heavy atom. The van der Waals surface area contributed by atoms with Gasteiger partial charge in [0, 0.05) is 91.8 Å². The molecule has 5 aliphatic heterocycles. The molecule has 674 valence electrons. The number of thiocarbonyl (C=S) groups is 7. The van der Waals surface area contributed by atoms with Crippen molar-refractivity contribution in [3.05, 3.63) is 0 Å². The number of nitrogens with one attached hydrogen (secondary N) is 17. The van der Waals surface area contributed by atoms with Crippen molar-refractivity contribution in [2.45, 2.75) is 248 Å². The Morgan fingerprint density at radius 1 is 0.291 bits per heavy atom. The lowest BCUT2D eigenvalue weighted by atomic mass is 9.98. The standard InChI is InChI=1S/C65H119N17O28S7/c1-105-58-53(104)48(99)39(90)31(110-58)23-75-61(113)68-16-10-4-7-11-36(87)76-28(17-69-59(111)66-14-8-2-5-12-37(88)77-29(19-71-62(114)79-54-49(100)44(95)40(91)32(24-83)106-54)20-72-63(115)80-55-50(101)45(96)41(92)33(25-84)107-55)18-70-60(112)67-15-9-3-6-13-38(89)78-30(21-73-64(116)81-56-51(102)46(97)42(93)34(26-85)108-56)22-74-65(117)82-57-52(103)47(98)43(94)35(27-86)109-57/h28-35,39-58,83-86,90-104H,2-27H2,1H3,(H,76,87)(H,77,88)(H,78,89)(H2,66,69,111)(H2,67,70,112)(H2,68,75,113)(H2,71,79,114)(H2,72,80,115)(H2,73,81,116)(H2,74,82,117)/t31-,32-,33-,34-,35-,39-,40-,41-,42-,43-,44+,45+,46+,47+,48+,49+,50+,51+,52+,53-,54+,55+,56+,57+,58+/m1/s1. The lowest BCUT2D eigenvalue weighted by Crippen LogP contribution is -2.64. The van der Waals surface area contributed by atoms with E-state index in [1.165, 1.54) is 7.11 Å². The molecule has 0 saturated carbocycles. The summed E-state index contributed by atoms with van der Waals surface area (Å²) in [5.41, 5.74) is 0. The first-order chi connectivity index (χ1) is 55.6. The van der Waals surface area contributed by atoms with E-state index < -0.39 is 198 Å². The molecule has 0 unspecified atom stereocenters. The number of ether oxygens (including phenoxy) is 6. The number of rotatable bonds is 44. The van der Waals surface area contributed by atoms with Gasteiger partial charge in [0.05, 0.1) is 44.6 Å². The van der Waals surface area contributed by atoms with Crippen LogP contribution in [-0.2, 0) is 42.8 Å². The van der Waals surface area contributed by atoms with Gasteiger partial charge in [-0.15, -0.1) is 0 Å². The summed E-state index contributed by atoms with van der Waals surface area (Å²) in [5, 5.41) is 243. The second-order valence-electron chi connectivity index (χ2n) is 28.3. The molecule has 5 fully saturated rings. The molecule has 5 saturated heterocycles. The first kappa shape index (κ1) is 103. The maximum Gasteiger partial charge on any atom is 0.220 e. The number of carbonyl (C=O) groups is 3. The highest BCUT2D eigenvalue weighted by Gasteiger charge is 2.48. The number of carbonyl (C=O) groups excluding carboxylic acids is 3. The third-order valence-corrected chi connectivity index (χ3v) is 21.2. The van der Waals surface area contributed by atoms with Crippen LogP contribution in [0.4, 0.5) is 0 Å². The fraction of sp³-hybridized carbons (Fsp3) is 0.846. The van der Waals surface area contributed by atoms with Crippen LogP contribution in [0.2, 0.25) is 0 Å². The Hall–Kier alpha value is -4.76. The number of unbranched alkanes of at least 4 members (excludes halogenated alkanes) is 6. The van der Waals surface area contributed by atoms with E-state index in [0.29, 0.717) is 77.4 Å². The third-order valence-electron chi connectivity index (χ3n) is 19.3. The summed E-state index contributed by atoms with van der Waals surface area (Å²) in [7, 11) is 1.29. The first-order valence-electron chi connectivity index (χ1n) is 38.2. The topological polar surface area (TPSA) is 695 Å². The second-order valence-corrected chi connectivity index (χ2v) is 31.2. The van der Waals surface area contributed by atoms with E-state index in [9.17, 15) is 111 Å². The van der Waals surface area contributed by atoms with Gasteiger partial charge >= 0.3 is 0 Å². The van der Waals surface area contributed by atoms with Crippen LogP contribution in [0.1, 0.15) is 77.0 Å². The molecule has 0 aliphatic carbocycles. The second kappa shape index (κ2) is 54.0. The fourth-order valence-corrected chi connectivity index (χ4v) is 13.7. The van der Waals surface area contributed by atoms with Crippen molar-refractivity contribution in [1.82, 2.24) is 90.4 Å². The molecule has 45 nitrogen and oxygen atoms in total. The van der Waals surface area contributed by atoms with Gasteiger partial charge in [-0.1, -0.05) is 19.3 Å². The zero-order valence-electron chi connectivity index (χ0n) is 64.1. The normalized spacial score (nSPS) is 30.9. The molecule has 52 heteroatoms. The van der Waals surface area contributed by atoms with E-state index in [1.54, 1.807) is 0 Å². The smallest absolute Gasteiger partial charge is 0.220 e. The van der Waals surface area contributed by atoms with Gasteiger partial charge in [-0.05, 0) is 124 Å². The zero-order valence-corrected chi connectivity index (χ0v) is 69.8. The summed E-state index contributed by atoms with van der Waals surface area (Å²) in [6, 6.07) is -2.13. The maximum atomic E-state index is 13.5. The van der Waals surface area contributed by atoms with Crippen LogP contribution in [0.5, 0.6) is 0 Å². The Labute approximate surface area is 712 Å². The number of amides is 3. The minimum atomic E-state index is -1.69. The molecular weight excluding hydrogens is 1690 g/mol. The lowest BCUT2D eigenvalue weighted by molar-refractivity contribution is -0.288. The predicted molar refractivity (Wildman–Crippen MR) is 441 cm³/mol. The molecule has 0 aromatic heterocycles. The van der Waals surface area contributed by atoms with Gasteiger partial charge in [-0.2, -0.15) is 0 Å². The monoisotopic (exact) mass is 1810 g/mol. The van der Waals surface area contributed by atoms with Gasteiger partial charge in [0.25, 0.3) is 0 Å². The molecule has 5 aliphatic rings. The predicted octanol–water partition coefficient (Wildman–Crippen LogP) is -15.0. The molecule has 5 rings (SSSR count). The molecule has 5 heterocycles. The molecule has 36 N–H and O–H groups in total. The molecular formula is C65H119N17O28S7. The highest BCUT2D eigenvalue weighted by atomic mass is 32.1. The van der Waals surface area contributed by atoms with Crippen LogP contribution in [0.3, 0.4) is 0 Å². The molecule has 0 radical (unpaired) electrons. The van der Waals surface area contributed by atoms with E-state index >= 15 is 0 Å². The molecule has 117 heavy (non-hydrogen) atoms. The first-order valence-corrected chi connectivity index (χ1v) is 41.1. The minimum Gasteiger partial charge on any atom is -0.394 e. The zero-order chi connectivity index (χ0) is 86.6. The SMILES string of the molecule is CO[C@H]1O[C@H](CNC(=S)NCCCCCC(=O)NC(CNC(=S)NCCCCCC(=O)NC(CNC(=S)N[C@H]2O[C@H](CO)[C@@H](O)[C@H](O)[C@@H]2O)CNC(=S)N[C@H]2O[C@H](CO)[C@@H](O)[C@H](O)[C@@H]2O)CNC(=S)NCCCCCC(=O)NC(CNC(=S)N[C@H]2O[C@H](CO)[C@@H](O)[C@H](O)[C@@H]2O)CNC(=S)N[C@H]2O[C@H](CO)[C@@H](O)[C@H](O)[C@@H]2O)[C@@H](O)[C@H](O)[C@H]1O. The van der Waals surface area contributed by atoms with Crippen molar-refractivity contribution in [3.8, 4) is 0 Å². The van der Waals surface area contributed by atoms with Gasteiger partial charge in [0.2, 0.25) is 17.7 Å². The number of aliphatic hydroxyl groups excluding tert-OH is 19. The average molecular weight is 1810 g/mol. The van der Waals surface area contributed by atoms with E-state index in [1.807, 2.05) is 0 Å². The van der Waals surface area contributed by atoms with E-state index in [0.717, 1.165) is 0 Å². The highest BCUT2D eigenvalue weighted by molar-refractivity contribution is 7.81. The van der Waals surface area contributed by atoms with Gasteiger partial charge < -0.3 is 216 Å². The van der Waals surface area contributed by atoms with Crippen molar-refractivity contribution in [2.24, 2.45) is 0 Å². The number of aliphatic hydroxyl groups is 19. The van der Waals surface area contributed by atoms with Crippen molar-refractivity contribution in [1.29, 1.82) is 0 Å². The summed E-state index contributed by atoms with van der Waals surface area (Å²) in [6.07, 6.45) is -31.5. The fourth-order valence-electron chi connectivity index (χ4n) is 12.4. The average Bonchev–Trinajstić information content (AvgIpc) is 0.841. The minimum absolute atomic E-state index is 0.00588. The maximum absolute atomic E-state index is 13.5. The van der Waals surface area contributed by atoms with Crippen LogP contribution < -0.4 is 90.4 Å². The van der Waals surface area contributed by atoms with Gasteiger partial charge in [0.15, 0.2) is 67.0 Å². The van der Waals surface area contributed by atoms with Crippen LogP contribution in [0, 0.1) is 0 Å². The molecule has 0 bridgehead atoms. The van der Waals surface area contributed by atoms with Crippen LogP contribution in [0.15, 0.2) is 0 Å². The lowest BCUT2D eigenvalue weighted by Gasteiger charge is -2.40. The Bertz CT molecular complexity index is 2810. The molecule has 0 spiro atoms. The Kier molecular flexibility index (Phi) is 47.4. The van der Waals surface area contributed by atoms with Crippen molar-refractivity contribution >= 4 is 139 Å². The van der Waals surface area contributed by atoms with Gasteiger partial charge in [-0.25, -0.2) is 0 Å². The molecule has 0 aromatic rings. The molecule has 3 amide bonds. The highest BCUT2D eigenvalue weighted by Crippen LogP contribution is 2.25. The molecule has 0 aromatic carbocycles. The van der Waals surface area contributed by atoms with E-state index in [4.69, 9.17) is 114 Å². The summed E-state index contributed by atoms with van der Waals surface area (Å²) < 4.78 is 32.5. The van der Waals surface area contributed by atoms with Gasteiger partial charge in [-0.3, -0.25) is 14.4 Å². The van der Waals surface area contributed by atoms with Crippen LogP contribution in [-0.4, -0.2) is 421 Å². The quantitative estimate of drug-likeness (QED) is 0.0199. The summed E-state index contributed by atoms with van der Waals surface area (Å²) in [4.78, 5) is 40.3. The Balaban J connectivity index is 1.09. The van der Waals surface area contributed by atoms with Gasteiger partial charge in [0.1, 0.15) is 122 Å². The largest absolute Gasteiger partial charge is 0.394 e. The number of methoxy groups -OCH3 is 1. The Morgan fingerprint density at radius 2 is 0.530 bits per heavy atom. The van der Waals surface area contributed by atoms with Crippen molar-refractivity contribution in [2.75, 3.05) is 99.0 Å². The summed E-state index contributed by atoms with van der Waals surface area (Å²) in [5.74, 6) is -1.02. The van der Waals surface area contributed by atoms with Crippen LogP contribution in [0.25, 0.3) is 0 Å². The third kappa shape index (κ3) is 34.8. The van der Waals surface area contributed by atoms with Crippen LogP contribution >= 0.6 is 85.5 Å².